The van der Waals surface area contributed by atoms with Gasteiger partial charge in [0.2, 0.25) is 0 Å². The van der Waals surface area contributed by atoms with Crippen LogP contribution >= 0.6 is 0 Å². The van der Waals surface area contributed by atoms with Crippen LogP contribution in [-0.4, -0.2) is 25.1 Å². The maximum atomic E-state index is 4.78. The second-order valence-corrected chi connectivity index (χ2v) is 11.4. The molecule has 0 radical (unpaired) electrons. The number of hydrogen-bond donors (Lipinski definition) is 0. The van der Waals surface area contributed by atoms with Crippen molar-refractivity contribution in [2.24, 2.45) is 0 Å². The van der Waals surface area contributed by atoms with Crippen LogP contribution in [0.5, 0.6) is 0 Å². The summed E-state index contributed by atoms with van der Waals surface area (Å²) < 4.78 is 0. The van der Waals surface area contributed by atoms with E-state index in [9.17, 15) is 0 Å². The second-order valence-electron chi connectivity index (χ2n) is 11.4. The number of pyridine rings is 1. The van der Waals surface area contributed by atoms with Gasteiger partial charge in [0, 0.05) is 29.2 Å². The van der Waals surface area contributed by atoms with Crippen LogP contribution in [0.4, 0.5) is 0 Å². The van der Waals surface area contributed by atoms with E-state index in [1.54, 1.807) is 12.4 Å². The molecule has 5 aromatic rings. The first kappa shape index (κ1) is 28.6. The monoisotopic (exact) mass is 698 g/mol. The van der Waals surface area contributed by atoms with Gasteiger partial charge in [-0.3, -0.25) is 9.97 Å². The minimum atomic E-state index is 0. The largest absolute Gasteiger partial charge is 2.00 e. The summed E-state index contributed by atoms with van der Waals surface area (Å²) in [6.45, 7) is 11.1. The van der Waals surface area contributed by atoms with E-state index in [1.165, 1.54) is 11.1 Å². The number of rotatable bonds is 3. The molecule has 4 heterocycles. The predicted molar refractivity (Wildman–Crippen MR) is 149 cm³/mol. The van der Waals surface area contributed by atoms with Crippen molar-refractivity contribution >= 4 is 0 Å². The van der Waals surface area contributed by atoms with E-state index < -0.39 is 0 Å². The number of fused-ring (bicyclic) bond motifs is 1. The van der Waals surface area contributed by atoms with Crippen LogP contribution < -0.4 is 10.2 Å². The second kappa shape index (κ2) is 11.7. The summed E-state index contributed by atoms with van der Waals surface area (Å²) in [6.07, 6.45) is 10.4. The van der Waals surface area contributed by atoms with Crippen molar-refractivity contribution in [3.8, 4) is 34.0 Å². The molecule has 1 aliphatic carbocycles. The van der Waals surface area contributed by atoms with Crippen LogP contribution in [0.25, 0.3) is 34.0 Å². The topological polar surface area (TPSA) is 92.6 Å². The molecule has 0 unspecified atom stereocenters. The maximum Gasteiger partial charge on any atom is 2.00 e. The molecule has 0 bridgehead atoms. The van der Waals surface area contributed by atoms with Crippen molar-refractivity contribution in [2.75, 3.05) is 0 Å². The van der Waals surface area contributed by atoms with Crippen LogP contribution in [0.2, 0.25) is 0 Å². The molecule has 0 aliphatic heterocycles. The molecule has 0 N–H and O–H groups in total. The molecule has 1 aromatic carbocycles. The van der Waals surface area contributed by atoms with Gasteiger partial charge in [-0.1, -0.05) is 76.3 Å². The van der Waals surface area contributed by atoms with Crippen molar-refractivity contribution in [3.63, 3.8) is 0 Å². The first-order valence-electron chi connectivity index (χ1n) is 13.0. The third-order valence-corrected chi connectivity index (χ3v) is 6.99. The molecule has 0 saturated heterocycles. The predicted octanol–water partition coefficient (Wildman–Crippen LogP) is 6.17. The van der Waals surface area contributed by atoms with Crippen molar-refractivity contribution in [1.29, 1.82) is 0 Å². The molecule has 8 heteroatoms. The summed E-state index contributed by atoms with van der Waals surface area (Å²) in [7, 11) is 0. The average Bonchev–Trinajstić information content (AvgIpc) is 3.59. The number of hydrogen-bond acceptors (Lipinski definition) is 5. The Bertz CT molecular complexity index is 1500. The Morgan fingerprint density at radius 3 is 2.23 bits per heavy atom. The van der Waals surface area contributed by atoms with Gasteiger partial charge in [0.25, 0.3) is 0 Å². The molecular weight excluding hydrogens is 665 g/mol. The third-order valence-electron chi connectivity index (χ3n) is 6.99. The van der Waals surface area contributed by atoms with E-state index in [0.717, 1.165) is 47.6 Å². The SMILES string of the molecule is CC(C)(C)c1ccncc1.CC1(C)CCCc2c1n[n-]c2-c1cncc(-c2cc(-c3ccccc3)n[n-]2)n1.[Pt+2]. The standard InChI is InChI=1S/C22H20N6.C9H13N.Pt/c1-22(2)10-6-9-15-20(27-28-21(15)22)19-13-23-12-18(24-19)17-11-16(25-26-17)14-7-4-3-5-8-14;1-9(2,3)8-4-6-10-7-5-8;/h3-5,7-8,11-13H,6,9-10H2,1-2H3;4-7H,1-3H3;/q-2;;+2. The molecule has 0 spiro atoms. The minimum Gasteiger partial charge on any atom is -0.573 e. The number of benzene rings is 1. The van der Waals surface area contributed by atoms with E-state index in [0.29, 0.717) is 11.4 Å². The molecule has 7 nitrogen and oxygen atoms in total. The molecule has 202 valence electrons. The molecule has 1 aliphatic rings. The van der Waals surface area contributed by atoms with Gasteiger partial charge in [0.1, 0.15) is 0 Å². The van der Waals surface area contributed by atoms with Crippen molar-refractivity contribution < 1.29 is 21.1 Å². The zero-order valence-corrected chi connectivity index (χ0v) is 25.3. The minimum absolute atomic E-state index is 0. The zero-order chi connectivity index (χ0) is 26.8. The number of nitrogens with zero attached hydrogens (tertiary/aromatic N) is 7. The fourth-order valence-corrected chi connectivity index (χ4v) is 4.77. The zero-order valence-electron chi connectivity index (χ0n) is 23.0. The van der Waals surface area contributed by atoms with Crippen molar-refractivity contribution in [1.82, 2.24) is 35.3 Å². The Hall–Kier alpha value is -3.44. The van der Waals surface area contributed by atoms with Crippen LogP contribution in [-0.2, 0) is 38.3 Å². The first-order chi connectivity index (χ1) is 18.2. The smallest absolute Gasteiger partial charge is 0.573 e. The molecule has 0 atom stereocenters. The van der Waals surface area contributed by atoms with Crippen molar-refractivity contribution in [2.45, 2.75) is 64.7 Å². The van der Waals surface area contributed by atoms with Gasteiger partial charge in [-0.2, -0.15) is 0 Å². The third kappa shape index (κ3) is 6.42. The number of aromatic nitrogens is 7. The Morgan fingerprint density at radius 1 is 0.821 bits per heavy atom. The first-order valence-corrected chi connectivity index (χ1v) is 13.0. The summed E-state index contributed by atoms with van der Waals surface area (Å²) in [5.74, 6) is 0. The Balaban J connectivity index is 0.000000273. The Labute approximate surface area is 244 Å². The molecule has 39 heavy (non-hydrogen) atoms. The van der Waals surface area contributed by atoms with Gasteiger partial charge in [0.15, 0.2) is 0 Å². The van der Waals surface area contributed by atoms with E-state index in [-0.39, 0.29) is 31.9 Å². The van der Waals surface area contributed by atoms with Gasteiger partial charge in [-0.15, -0.1) is 0 Å². The van der Waals surface area contributed by atoms with Gasteiger partial charge < -0.3 is 20.4 Å². The fourth-order valence-electron chi connectivity index (χ4n) is 4.77. The Kier molecular flexibility index (Phi) is 8.60. The van der Waals surface area contributed by atoms with E-state index in [4.69, 9.17) is 4.98 Å². The summed E-state index contributed by atoms with van der Waals surface area (Å²) in [6, 6.07) is 16.1. The van der Waals surface area contributed by atoms with E-state index >= 15 is 0 Å². The van der Waals surface area contributed by atoms with Gasteiger partial charge in [-0.25, -0.2) is 4.98 Å². The molecular formula is C31H33N7Pt. The molecule has 6 rings (SSSR count). The van der Waals surface area contributed by atoms with Crippen LogP contribution in [0.1, 0.15) is 64.3 Å². The summed E-state index contributed by atoms with van der Waals surface area (Å²) >= 11 is 0. The molecule has 4 aromatic heterocycles. The summed E-state index contributed by atoms with van der Waals surface area (Å²) in [4.78, 5) is 13.1. The van der Waals surface area contributed by atoms with Crippen molar-refractivity contribution in [3.05, 3.63) is 90.1 Å². The summed E-state index contributed by atoms with van der Waals surface area (Å²) in [5, 5.41) is 17.6. The van der Waals surface area contributed by atoms with Crippen LogP contribution in [0.15, 0.2) is 73.3 Å². The van der Waals surface area contributed by atoms with E-state index in [2.05, 4.69) is 77.1 Å². The van der Waals surface area contributed by atoms with E-state index in [1.807, 2.05) is 48.8 Å². The van der Waals surface area contributed by atoms with Gasteiger partial charge in [-0.05, 0) is 59.6 Å². The van der Waals surface area contributed by atoms with Crippen LogP contribution in [0, 0.1) is 0 Å². The normalized spacial score (nSPS) is 14.0. The average molecular weight is 699 g/mol. The quantitative estimate of drug-likeness (QED) is 0.223. The Morgan fingerprint density at radius 2 is 1.54 bits per heavy atom. The fraction of sp³-hybridized carbons (Fsp3) is 0.323. The molecule has 0 saturated carbocycles. The molecule has 0 fully saturated rings. The summed E-state index contributed by atoms with van der Waals surface area (Å²) in [5.41, 5.74) is 8.81. The van der Waals surface area contributed by atoms with Crippen LogP contribution in [0.3, 0.4) is 0 Å². The maximum absolute atomic E-state index is 4.78. The molecule has 0 amide bonds. The van der Waals surface area contributed by atoms with Gasteiger partial charge in [0.05, 0.1) is 23.8 Å². The van der Waals surface area contributed by atoms with Gasteiger partial charge >= 0.3 is 21.1 Å².